The summed E-state index contributed by atoms with van der Waals surface area (Å²) in [5, 5.41) is 33.1. The van der Waals surface area contributed by atoms with Crippen LogP contribution in [0.5, 0.6) is 0 Å². The maximum absolute atomic E-state index is 12.1. The van der Waals surface area contributed by atoms with Gasteiger partial charge in [-0.3, -0.25) is 0 Å². The third-order valence-electron chi connectivity index (χ3n) is 5.23. The van der Waals surface area contributed by atoms with Crippen LogP contribution in [0.1, 0.15) is 12.8 Å². The van der Waals surface area contributed by atoms with E-state index in [1.54, 1.807) is 0 Å². The predicted molar refractivity (Wildman–Crippen MR) is 101 cm³/mol. The number of aliphatic hydroxyl groups excluding tert-OH is 3. The standard InChI is InChI=1S/C16H34N6O7/c17-2-1-3-22-16(26)29-14-10(23)6(19)4-7(20)13(14)28-15-9(21)12(25)11(24)8(5-18)27-15/h6-15,23-25H,1-5,17-21H2,(H,22,26)/t6-,7+,8-,9-,10+,11-,12-,13-,14-,15-/m1/s1. The van der Waals surface area contributed by atoms with Crippen molar-refractivity contribution in [2.24, 2.45) is 28.7 Å². The van der Waals surface area contributed by atoms with E-state index in [0.717, 1.165) is 0 Å². The fourth-order valence-electron chi connectivity index (χ4n) is 3.47. The van der Waals surface area contributed by atoms with Crippen LogP contribution in [0.25, 0.3) is 0 Å². The van der Waals surface area contributed by atoms with E-state index in [1.807, 2.05) is 0 Å². The molecule has 170 valence electrons. The largest absolute Gasteiger partial charge is 0.441 e. The van der Waals surface area contributed by atoms with Crippen molar-refractivity contribution in [1.82, 2.24) is 5.32 Å². The second-order valence-corrected chi connectivity index (χ2v) is 7.43. The Morgan fingerprint density at radius 3 is 2.34 bits per heavy atom. The molecule has 0 aromatic rings. The van der Waals surface area contributed by atoms with Gasteiger partial charge < -0.3 is 63.5 Å². The summed E-state index contributed by atoms with van der Waals surface area (Å²) in [5.74, 6) is 0. The molecule has 1 amide bonds. The van der Waals surface area contributed by atoms with Crippen LogP contribution >= 0.6 is 0 Å². The maximum atomic E-state index is 12.1. The number of hydrogen-bond donors (Lipinski definition) is 9. The van der Waals surface area contributed by atoms with Gasteiger partial charge in [0.25, 0.3) is 0 Å². The van der Waals surface area contributed by atoms with Gasteiger partial charge in [0.15, 0.2) is 12.4 Å². The van der Waals surface area contributed by atoms with Crippen molar-refractivity contribution in [1.29, 1.82) is 0 Å². The van der Waals surface area contributed by atoms with Gasteiger partial charge in [0.2, 0.25) is 0 Å². The van der Waals surface area contributed by atoms with Gasteiger partial charge in [0, 0.05) is 25.2 Å². The number of hydrogen-bond acceptors (Lipinski definition) is 12. The summed E-state index contributed by atoms with van der Waals surface area (Å²) in [7, 11) is 0. The van der Waals surface area contributed by atoms with Crippen molar-refractivity contribution < 1.29 is 34.3 Å². The van der Waals surface area contributed by atoms with Crippen molar-refractivity contribution in [2.75, 3.05) is 19.6 Å². The molecule has 1 aliphatic carbocycles. The molecule has 13 nitrogen and oxygen atoms in total. The molecule has 0 bridgehead atoms. The first-order chi connectivity index (χ1) is 13.7. The molecule has 0 aromatic carbocycles. The zero-order valence-corrected chi connectivity index (χ0v) is 16.2. The van der Waals surface area contributed by atoms with E-state index in [9.17, 15) is 20.1 Å². The number of nitrogens with two attached hydrogens (primary N) is 5. The van der Waals surface area contributed by atoms with E-state index in [1.165, 1.54) is 0 Å². The highest BCUT2D eigenvalue weighted by Gasteiger charge is 2.49. The molecule has 0 radical (unpaired) electrons. The first kappa shape index (κ1) is 24.1. The molecule has 1 heterocycles. The van der Waals surface area contributed by atoms with Gasteiger partial charge in [-0.2, -0.15) is 0 Å². The average Bonchev–Trinajstić information content (AvgIpc) is 2.68. The number of aliphatic hydroxyl groups is 3. The van der Waals surface area contributed by atoms with Crippen molar-refractivity contribution in [3.63, 3.8) is 0 Å². The lowest BCUT2D eigenvalue weighted by Crippen LogP contribution is -2.68. The van der Waals surface area contributed by atoms with E-state index >= 15 is 0 Å². The van der Waals surface area contributed by atoms with Gasteiger partial charge in [0.1, 0.15) is 30.5 Å². The lowest BCUT2D eigenvalue weighted by molar-refractivity contribution is -0.287. The topological polar surface area (TPSA) is 248 Å². The molecule has 2 fully saturated rings. The Hall–Kier alpha value is -1.13. The Morgan fingerprint density at radius 1 is 1.03 bits per heavy atom. The molecule has 0 unspecified atom stereocenters. The summed E-state index contributed by atoms with van der Waals surface area (Å²) in [5.41, 5.74) is 28.9. The highest BCUT2D eigenvalue weighted by Crippen LogP contribution is 2.28. The first-order valence-electron chi connectivity index (χ1n) is 9.67. The van der Waals surface area contributed by atoms with Crippen molar-refractivity contribution in [2.45, 2.75) is 73.9 Å². The minimum absolute atomic E-state index is 0.0848. The number of nitrogens with one attached hydrogen (secondary N) is 1. The number of alkyl carbamates (subject to hydrolysis) is 1. The van der Waals surface area contributed by atoms with Crippen LogP contribution in [0.15, 0.2) is 0 Å². The molecule has 14 N–H and O–H groups in total. The second kappa shape index (κ2) is 10.8. The quantitative estimate of drug-likeness (QED) is 0.175. The van der Waals surface area contributed by atoms with Crippen molar-refractivity contribution in [3.05, 3.63) is 0 Å². The van der Waals surface area contributed by atoms with Gasteiger partial charge in [-0.1, -0.05) is 0 Å². The minimum atomic E-state index is -1.35. The van der Waals surface area contributed by atoms with Crippen LogP contribution in [0.3, 0.4) is 0 Å². The summed E-state index contributed by atoms with van der Waals surface area (Å²) < 4.78 is 16.7. The number of ether oxygens (including phenoxy) is 3. The number of carbonyl (C=O) groups excluding carboxylic acids is 1. The summed E-state index contributed by atoms with van der Waals surface area (Å²) in [4.78, 5) is 12.1. The van der Waals surface area contributed by atoms with E-state index in [4.69, 9.17) is 42.9 Å². The smallest absolute Gasteiger partial charge is 0.407 e. The van der Waals surface area contributed by atoms with Gasteiger partial charge in [-0.15, -0.1) is 0 Å². The van der Waals surface area contributed by atoms with Gasteiger partial charge in [-0.05, 0) is 19.4 Å². The van der Waals surface area contributed by atoms with E-state index in [-0.39, 0.29) is 13.0 Å². The number of amides is 1. The molecular weight excluding hydrogens is 388 g/mol. The Kier molecular flexibility index (Phi) is 8.96. The predicted octanol–water partition coefficient (Wildman–Crippen LogP) is -5.03. The van der Waals surface area contributed by atoms with Gasteiger partial charge in [-0.25, -0.2) is 4.79 Å². The zero-order valence-electron chi connectivity index (χ0n) is 16.2. The van der Waals surface area contributed by atoms with E-state index in [0.29, 0.717) is 19.5 Å². The SMILES string of the molecule is NCCCNC(=O)O[C@@H]1[C@@H](O)[C@H](N)C[C@H](N)[C@H]1O[C@H]1O[C@H](CN)[C@@H](O)[C@H](O)[C@H]1N. The first-order valence-corrected chi connectivity index (χ1v) is 9.67. The molecule has 1 saturated heterocycles. The summed E-state index contributed by atoms with van der Waals surface area (Å²) in [6.07, 6.45) is -8.29. The van der Waals surface area contributed by atoms with Crippen LogP contribution in [-0.2, 0) is 14.2 Å². The Morgan fingerprint density at radius 2 is 1.72 bits per heavy atom. The second-order valence-electron chi connectivity index (χ2n) is 7.43. The fraction of sp³-hybridized carbons (Fsp3) is 0.938. The molecule has 2 rings (SSSR count). The molecule has 10 atom stereocenters. The molecule has 2 aliphatic rings. The average molecular weight is 422 g/mol. The van der Waals surface area contributed by atoms with Crippen molar-refractivity contribution in [3.8, 4) is 0 Å². The van der Waals surface area contributed by atoms with Gasteiger partial charge >= 0.3 is 6.09 Å². The van der Waals surface area contributed by atoms with E-state index in [2.05, 4.69) is 5.32 Å². The molecule has 0 aromatic heterocycles. The lowest BCUT2D eigenvalue weighted by Gasteiger charge is -2.46. The lowest BCUT2D eigenvalue weighted by atomic mass is 9.84. The summed E-state index contributed by atoms with van der Waals surface area (Å²) >= 11 is 0. The minimum Gasteiger partial charge on any atom is -0.441 e. The fourth-order valence-corrected chi connectivity index (χ4v) is 3.47. The van der Waals surface area contributed by atoms with Crippen LogP contribution in [-0.4, -0.2) is 102 Å². The highest BCUT2D eigenvalue weighted by atomic mass is 16.7. The molecule has 29 heavy (non-hydrogen) atoms. The summed E-state index contributed by atoms with van der Waals surface area (Å²) in [6, 6.07) is -2.57. The normalized spacial score (nSPS) is 43.0. The maximum Gasteiger partial charge on any atom is 0.407 e. The highest BCUT2D eigenvalue weighted by molar-refractivity contribution is 5.67. The molecule has 1 saturated carbocycles. The zero-order chi connectivity index (χ0) is 21.7. The molecular formula is C16H34N6O7. The third-order valence-corrected chi connectivity index (χ3v) is 5.23. The van der Waals surface area contributed by atoms with Gasteiger partial charge in [0.05, 0.1) is 6.04 Å². The molecule has 13 heteroatoms. The van der Waals surface area contributed by atoms with E-state index < -0.39 is 67.1 Å². The monoisotopic (exact) mass is 422 g/mol. The third kappa shape index (κ3) is 5.73. The summed E-state index contributed by atoms with van der Waals surface area (Å²) in [6.45, 7) is 0.598. The Labute approximate surface area is 168 Å². The van der Waals surface area contributed by atoms with Crippen molar-refractivity contribution >= 4 is 6.09 Å². The van der Waals surface area contributed by atoms with Crippen LogP contribution < -0.4 is 34.0 Å². The van der Waals surface area contributed by atoms with Crippen LogP contribution in [0.2, 0.25) is 0 Å². The van der Waals surface area contributed by atoms with Crippen LogP contribution in [0.4, 0.5) is 4.79 Å². The molecule has 1 aliphatic heterocycles. The Bertz CT molecular complexity index is 530. The van der Waals surface area contributed by atoms with Crippen LogP contribution in [0, 0.1) is 0 Å². The Balaban J connectivity index is 2.12. The molecule has 0 spiro atoms. The number of rotatable bonds is 7. The number of carbonyl (C=O) groups is 1.